The van der Waals surface area contributed by atoms with Crippen LogP contribution in [0.2, 0.25) is 0 Å². The molecule has 0 aliphatic heterocycles. The Morgan fingerprint density at radius 2 is 1.03 bits per heavy atom. The Balaban J connectivity index is 1.03. The molecule has 0 radical (unpaired) electrons. The molecular weight excluding hydrogens is 711 g/mol. The summed E-state index contributed by atoms with van der Waals surface area (Å²) in [6, 6.07) is 58.3. The van der Waals surface area contributed by atoms with Crippen molar-refractivity contribution < 1.29 is 0 Å². The first kappa shape index (κ1) is 36.7. The van der Waals surface area contributed by atoms with Crippen LogP contribution in [-0.2, 0) is 16.2 Å². The number of rotatable bonds is 5. The van der Waals surface area contributed by atoms with E-state index in [-0.39, 0.29) is 16.2 Å². The Morgan fingerprint density at radius 3 is 1.78 bits per heavy atom. The minimum absolute atomic E-state index is 0.0807. The molecule has 1 spiro atoms. The van der Waals surface area contributed by atoms with Gasteiger partial charge < -0.3 is 4.90 Å². The lowest BCUT2D eigenvalue weighted by molar-refractivity contribution is 0.0856. The summed E-state index contributed by atoms with van der Waals surface area (Å²) < 4.78 is 0. The van der Waals surface area contributed by atoms with Gasteiger partial charge in [0.25, 0.3) is 0 Å². The SMILES string of the molecule is CC1CC2CCC3(c4ccccc4-c4ccc(N(c5ccc(-c6ccc7c(c6)C(C)(C)CCC7(C)C)cc5)c5ccc(-c6ccc7ccccc7c6)cc5)cc43)C(C1)C2. The molecule has 0 saturated heterocycles. The highest BCUT2D eigenvalue weighted by Gasteiger charge is 2.53. The van der Waals surface area contributed by atoms with E-state index in [0.29, 0.717) is 5.92 Å². The number of benzene rings is 7. The number of hydrogen-bond acceptors (Lipinski definition) is 1. The van der Waals surface area contributed by atoms with Crippen LogP contribution in [-0.4, -0.2) is 0 Å². The molecule has 0 N–H and O–H groups in total. The Labute approximate surface area is 352 Å². The maximum Gasteiger partial charge on any atom is 0.0465 e. The molecular formula is C58H57N. The molecule has 4 aliphatic rings. The second kappa shape index (κ2) is 13.6. The lowest BCUT2D eigenvalue weighted by atomic mass is 9.53. The summed E-state index contributed by atoms with van der Waals surface area (Å²) in [6.45, 7) is 12.2. The molecule has 2 bridgehead atoms. The minimum atomic E-state index is 0.0807. The minimum Gasteiger partial charge on any atom is -0.310 e. The fraction of sp³-hybridized carbons (Fsp3) is 0.310. The monoisotopic (exact) mass is 767 g/mol. The summed E-state index contributed by atoms with van der Waals surface area (Å²) in [4.78, 5) is 2.51. The average molecular weight is 768 g/mol. The van der Waals surface area contributed by atoms with Gasteiger partial charge in [-0.3, -0.25) is 0 Å². The molecule has 1 nitrogen and oxygen atoms in total. The van der Waals surface area contributed by atoms with E-state index in [1.165, 1.54) is 117 Å². The molecule has 294 valence electrons. The van der Waals surface area contributed by atoms with E-state index in [2.05, 4.69) is 191 Å². The summed E-state index contributed by atoms with van der Waals surface area (Å²) in [5, 5.41) is 2.55. The van der Waals surface area contributed by atoms with Gasteiger partial charge in [-0.1, -0.05) is 144 Å². The molecule has 7 aromatic rings. The second-order valence-electron chi connectivity index (χ2n) is 20.2. The van der Waals surface area contributed by atoms with Crippen LogP contribution in [0.25, 0.3) is 44.2 Å². The van der Waals surface area contributed by atoms with Crippen molar-refractivity contribution in [1.82, 2.24) is 0 Å². The lowest BCUT2D eigenvalue weighted by Crippen LogP contribution is -2.44. The van der Waals surface area contributed by atoms with Crippen molar-refractivity contribution in [2.24, 2.45) is 17.8 Å². The molecule has 4 atom stereocenters. The first-order valence-electron chi connectivity index (χ1n) is 22.5. The number of fused-ring (bicyclic) bond motifs is 10. The third kappa shape index (κ3) is 5.94. The van der Waals surface area contributed by atoms with Crippen molar-refractivity contribution in [1.29, 1.82) is 0 Å². The van der Waals surface area contributed by atoms with E-state index >= 15 is 0 Å². The van der Waals surface area contributed by atoms with Crippen LogP contribution in [0.4, 0.5) is 17.1 Å². The zero-order valence-corrected chi connectivity index (χ0v) is 35.6. The van der Waals surface area contributed by atoms with Gasteiger partial charge in [0.15, 0.2) is 0 Å². The van der Waals surface area contributed by atoms with Crippen LogP contribution in [0.15, 0.2) is 152 Å². The van der Waals surface area contributed by atoms with Crippen molar-refractivity contribution in [2.45, 2.75) is 95.8 Å². The summed E-state index contributed by atoms with van der Waals surface area (Å²) in [7, 11) is 0. The highest BCUT2D eigenvalue weighted by molar-refractivity contribution is 5.89. The largest absolute Gasteiger partial charge is 0.310 e. The number of nitrogens with zero attached hydrogens (tertiary/aromatic N) is 1. The predicted molar refractivity (Wildman–Crippen MR) is 250 cm³/mol. The van der Waals surface area contributed by atoms with Gasteiger partial charge in [-0.15, -0.1) is 0 Å². The molecule has 1 heteroatoms. The van der Waals surface area contributed by atoms with Crippen molar-refractivity contribution >= 4 is 27.8 Å². The zero-order chi connectivity index (χ0) is 40.1. The van der Waals surface area contributed by atoms with E-state index in [1.807, 2.05) is 0 Å². The first-order valence-corrected chi connectivity index (χ1v) is 22.5. The average Bonchev–Trinajstić information content (AvgIpc) is 3.53. The molecule has 0 heterocycles. The van der Waals surface area contributed by atoms with Crippen molar-refractivity contribution in [2.75, 3.05) is 4.90 Å². The standard InChI is InChI=1S/C58H57N/c1-38-32-39-28-29-58(46(33-38)34-39)52-13-9-8-12-50(52)51-26-25-49(37-54(51)58)59(47-21-16-41(17-22-47)44-15-14-40-10-6-7-11-43(40)35-44)48-23-18-42(19-24-48)45-20-27-53-55(36-45)57(4,5)31-30-56(53,2)3/h6-27,35-39,46H,28-34H2,1-5H3. The quantitative estimate of drug-likeness (QED) is 0.169. The third-order valence-corrected chi connectivity index (χ3v) is 15.6. The molecule has 2 fully saturated rings. The van der Waals surface area contributed by atoms with Crippen LogP contribution in [0.5, 0.6) is 0 Å². The molecule has 7 aromatic carbocycles. The second-order valence-corrected chi connectivity index (χ2v) is 20.2. The Hall–Kier alpha value is -5.40. The molecule has 0 amide bonds. The summed E-state index contributed by atoms with van der Waals surface area (Å²) in [5.74, 6) is 2.35. The van der Waals surface area contributed by atoms with Gasteiger partial charge in [-0.05, 0) is 182 Å². The van der Waals surface area contributed by atoms with Crippen LogP contribution in [0, 0.1) is 17.8 Å². The fourth-order valence-electron chi connectivity index (χ4n) is 12.4. The number of hydrogen-bond donors (Lipinski definition) is 0. The number of anilines is 3. The van der Waals surface area contributed by atoms with Crippen LogP contribution in [0.3, 0.4) is 0 Å². The first-order chi connectivity index (χ1) is 28.6. The fourth-order valence-corrected chi connectivity index (χ4v) is 12.4. The smallest absolute Gasteiger partial charge is 0.0465 e. The van der Waals surface area contributed by atoms with Crippen LogP contribution < -0.4 is 4.90 Å². The Morgan fingerprint density at radius 1 is 0.441 bits per heavy atom. The van der Waals surface area contributed by atoms with E-state index in [9.17, 15) is 0 Å². The summed E-state index contributed by atoms with van der Waals surface area (Å²) in [5.41, 5.74) is 18.2. The highest BCUT2D eigenvalue weighted by atomic mass is 15.1. The Bertz CT molecular complexity index is 2730. The van der Waals surface area contributed by atoms with Gasteiger partial charge in [0.05, 0.1) is 0 Å². The van der Waals surface area contributed by atoms with Crippen LogP contribution >= 0.6 is 0 Å². The molecule has 11 rings (SSSR count). The maximum atomic E-state index is 2.60. The van der Waals surface area contributed by atoms with Crippen molar-refractivity contribution in [3.05, 3.63) is 174 Å². The molecule has 0 aromatic heterocycles. The lowest BCUT2D eigenvalue weighted by Gasteiger charge is -2.50. The Kier molecular flexibility index (Phi) is 8.43. The van der Waals surface area contributed by atoms with Gasteiger partial charge in [-0.2, -0.15) is 0 Å². The van der Waals surface area contributed by atoms with Crippen LogP contribution in [0.1, 0.15) is 102 Å². The molecule has 2 saturated carbocycles. The molecule has 4 aliphatic carbocycles. The molecule has 59 heavy (non-hydrogen) atoms. The summed E-state index contributed by atoms with van der Waals surface area (Å²) >= 11 is 0. The van der Waals surface area contributed by atoms with Crippen molar-refractivity contribution in [3.63, 3.8) is 0 Å². The van der Waals surface area contributed by atoms with Gasteiger partial charge in [0.1, 0.15) is 0 Å². The van der Waals surface area contributed by atoms with E-state index in [4.69, 9.17) is 0 Å². The van der Waals surface area contributed by atoms with Crippen molar-refractivity contribution in [3.8, 4) is 33.4 Å². The maximum absolute atomic E-state index is 2.60. The van der Waals surface area contributed by atoms with Gasteiger partial charge in [0, 0.05) is 22.5 Å². The van der Waals surface area contributed by atoms with Gasteiger partial charge >= 0.3 is 0 Å². The normalized spacial score (nSPS) is 23.4. The summed E-state index contributed by atoms with van der Waals surface area (Å²) in [6.07, 6.45) is 9.13. The van der Waals surface area contributed by atoms with E-state index in [0.717, 1.165) is 11.8 Å². The zero-order valence-electron chi connectivity index (χ0n) is 35.6. The third-order valence-electron chi connectivity index (χ3n) is 15.6. The van der Waals surface area contributed by atoms with Gasteiger partial charge in [0.2, 0.25) is 0 Å². The van der Waals surface area contributed by atoms with Gasteiger partial charge in [-0.25, -0.2) is 0 Å². The topological polar surface area (TPSA) is 3.24 Å². The highest BCUT2D eigenvalue weighted by Crippen LogP contribution is 2.63. The van der Waals surface area contributed by atoms with E-state index < -0.39 is 0 Å². The van der Waals surface area contributed by atoms with E-state index in [1.54, 1.807) is 11.1 Å². The predicted octanol–water partition coefficient (Wildman–Crippen LogP) is 16.1. The molecule has 4 unspecified atom stereocenters.